The van der Waals surface area contributed by atoms with Gasteiger partial charge in [-0.25, -0.2) is 0 Å². The van der Waals surface area contributed by atoms with Crippen molar-refractivity contribution in [2.24, 2.45) is 11.8 Å². The first-order chi connectivity index (χ1) is 10.2. The Morgan fingerprint density at radius 2 is 1.67 bits per heavy atom. The molecule has 2 aliphatic rings. The largest absolute Gasteiger partial charge is 0.326 e. The number of carbonyl (C=O) groups excluding carboxylic acids is 2. The van der Waals surface area contributed by atoms with E-state index in [4.69, 9.17) is 0 Å². The molecule has 21 heavy (non-hydrogen) atoms. The zero-order chi connectivity index (χ0) is 14.7. The Morgan fingerprint density at radius 1 is 1.00 bits per heavy atom. The number of anilines is 2. The summed E-state index contributed by atoms with van der Waals surface area (Å²) < 4.78 is 0. The fourth-order valence-corrected chi connectivity index (χ4v) is 2.58. The molecule has 1 aromatic carbocycles. The van der Waals surface area contributed by atoms with Crippen LogP contribution >= 0.6 is 0 Å². The zero-order valence-electron chi connectivity index (χ0n) is 12.0. The zero-order valence-corrected chi connectivity index (χ0v) is 12.0. The SMILES string of the molecule is O=C(Nc1cccc(NC(=O)[C@H]2CCCNC2)c1)C1CC1. The lowest BCUT2D eigenvalue weighted by Gasteiger charge is -2.22. The molecule has 3 N–H and O–H groups in total. The van der Waals surface area contributed by atoms with Crippen molar-refractivity contribution >= 4 is 23.2 Å². The molecule has 0 radical (unpaired) electrons. The predicted molar refractivity (Wildman–Crippen MR) is 82.0 cm³/mol. The van der Waals surface area contributed by atoms with E-state index in [9.17, 15) is 9.59 Å². The van der Waals surface area contributed by atoms with Crippen molar-refractivity contribution < 1.29 is 9.59 Å². The third kappa shape index (κ3) is 3.82. The van der Waals surface area contributed by atoms with Crippen LogP contribution in [0.25, 0.3) is 0 Å². The minimum absolute atomic E-state index is 0.0310. The van der Waals surface area contributed by atoms with Crippen molar-refractivity contribution in [1.29, 1.82) is 0 Å². The first kappa shape index (κ1) is 14.1. The normalized spacial score (nSPS) is 21.6. The fraction of sp³-hybridized carbons (Fsp3) is 0.500. The Balaban J connectivity index is 1.59. The van der Waals surface area contributed by atoms with Gasteiger partial charge in [-0.2, -0.15) is 0 Å². The quantitative estimate of drug-likeness (QED) is 0.793. The predicted octanol–water partition coefficient (Wildman–Crippen LogP) is 1.97. The van der Waals surface area contributed by atoms with Gasteiger partial charge < -0.3 is 16.0 Å². The van der Waals surface area contributed by atoms with Crippen LogP contribution in [0.1, 0.15) is 25.7 Å². The smallest absolute Gasteiger partial charge is 0.228 e. The second-order valence-corrected chi connectivity index (χ2v) is 5.88. The molecule has 3 rings (SSSR count). The molecule has 1 aliphatic carbocycles. The van der Waals surface area contributed by atoms with Crippen LogP contribution in [0.4, 0.5) is 11.4 Å². The third-order valence-electron chi connectivity index (χ3n) is 4.01. The van der Waals surface area contributed by atoms with Gasteiger partial charge in [0.25, 0.3) is 0 Å². The summed E-state index contributed by atoms with van der Waals surface area (Å²) in [6, 6.07) is 7.35. The highest BCUT2D eigenvalue weighted by atomic mass is 16.2. The van der Waals surface area contributed by atoms with Gasteiger partial charge in [0.05, 0.1) is 5.92 Å². The Kier molecular flexibility index (Phi) is 4.20. The molecular formula is C16H21N3O2. The van der Waals surface area contributed by atoms with Crippen LogP contribution in [0.2, 0.25) is 0 Å². The molecule has 2 amide bonds. The van der Waals surface area contributed by atoms with Gasteiger partial charge in [-0.05, 0) is 50.4 Å². The van der Waals surface area contributed by atoms with Crippen molar-refractivity contribution in [3.8, 4) is 0 Å². The molecule has 0 unspecified atom stereocenters. The number of benzene rings is 1. The number of piperidine rings is 1. The lowest BCUT2D eigenvalue weighted by molar-refractivity contribution is -0.120. The lowest BCUT2D eigenvalue weighted by Crippen LogP contribution is -2.37. The third-order valence-corrected chi connectivity index (χ3v) is 4.01. The minimum atomic E-state index is 0.0310. The van der Waals surface area contributed by atoms with Crippen LogP contribution in [-0.4, -0.2) is 24.9 Å². The molecule has 1 atom stereocenters. The summed E-state index contributed by atoms with van der Waals surface area (Å²) in [6.07, 6.45) is 3.93. The molecule has 1 aromatic rings. The monoisotopic (exact) mass is 287 g/mol. The Hall–Kier alpha value is -1.88. The van der Waals surface area contributed by atoms with Gasteiger partial charge >= 0.3 is 0 Å². The molecule has 1 saturated carbocycles. The van der Waals surface area contributed by atoms with Crippen molar-refractivity contribution in [1.82, 2.24) is 5.32 Å². The Bertz CT molecular complexity index is 534. The van der Waals surface area contributed by atoms with Crippen LogP contribution in [0, 0.1) is 11.8 Å². The van der Waals surface area contributed by atoms with Crippen LogP contribution in [0.3, 0.4) is 0 Å². The molecule has 1 saturated heterocycles. The van der Waals surface area contributed by atoms with Gasteiger partial charge in [-0.3, -0.25) is 9.59 Å². The van der Waals surface area contributed by atoms with Gasteiger partial charge in [-0.1, -0.05) is 6.07 Å². The number of carbonyl (C=O) groups is 2. The molecule has 2 fully saturated rings. The van der Waals surface area contributed by atoms with Gasteiger partial charge in [0, 0.05) is 23.8 Å². The van der Waals surface area contributed by atoms with E-state index >= 15 is 0 Å². The summed E-state index contributed by atoms with van der Waals surface area (Å²) >= 11 is 0. The van der Waals surface area contributed by atoms with E-state index in [0.29, 0.717) is 0 Å². The van der Waals surface area contributed by atoms with Crippen LogP contribution in [-0.2, 0) is 9.59 Å². The van der Waals surface area contributed by atoms with Crippen LogP contribution in [0.5, 0.6) is 0 Å². The fourth-order valence-electron chi connectivity index (χ4n) is 2.58. The summed E-state index contributed by atoms with van der Waals surface area (Å²) in [7, 11) is 0. The topological polar surface area (TPSA) is 70.2 Å². The molecule has 0 bridgehead atoms. The molecule has 1 aliphatic heterocycles. The van der Waals surface area contributed by atoms with Crippen molar-refractivity contribution in [2.75, 3.05) is 23.7 Å². The first-order valence-corrected chi connectivity index (χ1v) is 7.65. The summed E-state index contributed by atoms with van der Waals surface area (Å²) in [6.45, 7) is 1.73. The highest BCUT2D eigenvalue weighted by Gasteiger charge is 2.29. The van der Waals surface area contributed by atoms with Gasteiger partial charge in [0.2, 0.25) is 11.8 Å². The number of hydrogen-bond acceptors (Lipinski definition) is 3. The molecule has 5 nitrogen and oxygen atoms in total. The van der Waals surface area contributed by atoms with E-state index in [0.717, 1.165) is 50.1 Å². The summed E-state index contributed by atoms with van der Waals surface area (Å²) in [5, 5.41) is 9.07. The maximum Gasteiger partial charge on any atom is 0.228 e. The Labute approximate surface area is 124 Å². The van der Waals surface area contributed by atoms with Crippen molar-refractivity contribution in [3.63, 3.8) is 0 Å². The maximum atomic E-state index is 12.2. The molecule has 5 heteroatoms. The highest BCUT2D eigenvalue weighted by molar-refractivity contribution is 5.96. The number of hydrogen-bond donors (Lipinski definition) is 3. The molecule has 0 aromatic heterocycles. The first-order valence-electron chi connectivity index (χ1n) is 7.65. The van der Waals surface area contributed by atoms with Gasteiger partial charge in [0.1, 0.15) is 0 Å². The second kappa shape index (κ2) is 6.26. The highest BCUT2D eigenvalue weighted by Crippen LogP contribution is 2.30. The van der Waals surface area contributed by atoms with Crippen LogP contribution < -0.4 is 16.0 Å². The van der Waals surface area contributed by atoms with Gasteiger partial charge in [-0.15, -0.1) is 0 Å². The second-order valence-electron chi connectivity index (χ2n) is 5.88. The van der Waals surface area contributed by atoms with E-state index in [1.165, 1.54) is 0 Å². The van der Waals surface area contributed by atoms with E-state index in [1.807, 2.05) is 24.3 Å². The average molecular weight is 287 g/mol. The summed E-state index contributed by atoms with van der Waals surface area (Å²) in [4.78, 5) is 23.9. The molecule has 112 valence electrons. The number of amides is 2. The van der Waals surface area contributed by atoms with Crippen molar-refractivity contribution in [3.05, 3.63) is 24.3 Å². The maximum absolute atomic E-state index is 12.2. The standard InChI is InChI=1S/C16H21N3O2/c20-15(11-6-7-11)18-13-4-1-5-14(9-13)19-16(21)12-3-2-8-17-10-12/h1,4-5,9,11-12,17H,2-3,6-8,10H2,(H,18,20)(H,19,21)/t12-/m0/s1. The summed E-state index contributed by atoms with van der Waals surface area (Å²) in [5.41, 5.74) is 1.48. The number of rotatable bonds is 4. The molecular weight excluding hydrogens is 266 g/mol. The average Bonchev–Trinajstić information content (AvgIpc) is 3.33. The van der Waals surface area contributed by atoms with E-state index in [1.54, 1.807) is 0 Å². The van der Waals surface area contributed by atoms with Crippen LogP contribution in [0.15, 0.2) is 24.3 Å². The Morgan fingerprint density at radius 3 is 2.24 bits per heavy atom. The molecule has 0 spiro atoms. The van der Waals surface area contributed by atoms with Gasteiger partial charge in [0.15, 0.2) is 0 Å². The lowest BCUT2D eigenvalue weighted by atomic mass is 9.99. The van der Waals surface area contributed by atoms with E-state index in [-0.39, 0.29) is 23.7 Å². The van der Waals surface area contributed by atoms with Crippen molar-refractivity contribution in [2.45, 2.75) is 25.7 Å². The summed E-state index contributed by atoms with van der Waals surface area (Å²) in [5.74, 6) is 0.336. The minimum Gasteiger partial charge on any atom is -0.326 e. The molecule has 1 heterocycles. The number of nitrogens with one attached hydrogen (secondary N) is 3. The van der Waals surface area contributed by atoms with E-state index < -0.39 is 0 Å². The van der Waals surface area contributed by atoms with E-state index in [2.05, 4.69) is 16.0 Å².